The van der Waals surface area contributed by atoms with Gasteiger partial charge in [-0.25, -0.2) is 0 Å². The number of aliphatic hydroxyl groups excluding tert-OH is 1. The first-order chi connectivity index (χ1) is 7.65. The van der Waals surface area contributed by atoms with Crippen molar-refractivity contribution in [2.24, 2.45) is 11.7 Å². The number of primary amides is 1. The maximum absolute atomic E-state index is 11.3. The summed E-state index contributed by atoms with van der Waals surface area (Å²) in [5.41, 5.74) is 6.30. The molecule has 2 unspecified atom stereocenters. The van der Waals surface area contributed by atoms with Crippen LogP contribution in [-0.2, 0) is 4.79 Å². The molecule has 0 fully saturated rings. The molecule has 0 heterocycles. The molecule has 0 aromatic heterocycles. The van der Waals surface area contributed by atoms with Crippen LogP contribution in [0.25, 0.3) is 0 Å². The van der Waals surface area contributed by atoms with E-state index in [1.54, 1.807) is 0 Å². The van der Waals surface area contributed by atoms with Crippen molar-refractivity contribution in [1.29, 1.82) is 0 Å². The third-order valence-corrected chi connectivity index (χ3v) is 3.82. The lowest BCUT2D eigenvalue weighted by Gasteiger charge is -2.15. The van der Waals surface area contributed by atoms with Crippen LogP contribution in [0.5, 0.6) is 0 Å². The van der Waals surface area contributed by atoms with E-state index in [2.05, 4.69) is 0 Å². The predicted octanol–water partition coefficient (Wildman–Crippen LogP) is 1.57. The Morgan fingerprint density at radius 1 is 1.44 bits per heavy atom. The summed E-state index contributed by atoms with van der Waals surface area (Å²) < 4.78 is 0. The lowest BCUT2D eigenvalue weighted by atomic mass is 10.1. The van der Waals surface area contributed by atoms with Gasteiger partial charge in [-0.15, -0.1) is 11.8 Å². The average Bonchev–Trinajstić information content (AvgIpc) is 2.30. The van der Waals surface area contributed by atoms with Gasteiger partial charge in [0.1, 0.15) is 5.25 Å². The molecular weight excluding hydrogens is 222 g/mol. The van der Waals surface area contributed by atoms with E-state index < -0.39 is 0 Å². The van der Waals surface area contributed by atoms with Gasteiger partial charge in [0.15, 0.2) is 0 Å². The highest BCUT2D eigenvalue weighted by molar-refractivity contribution is 8.00. The Morgan fingerprint density at radius 2 is 2.06 bits per heavy atom. The normalized spacial score (nSPS) is 14.4. The van der Waals surface area contributed by atoms with Gasteiger partial charge in [0.25, 0.3) is 0 Å². The molecule has 88 valence electrons. The molecule has 0 aliphatic carbocycles. The molecule has 16 heavy (non-hydrogen) atoms. The molecule has 0 bridgehead atoms. The van der Waals surface area contributed by atoms with Crippen molar-refractivity contribution in [2.45, 2.75) is 12.2 Å². The first kappa shape index (κ1) is 13.1. The molecule has 0 aliphatic heterocycles. The lowest BCUT2D eigenvalue weighted by molar-refractivity contribution is -0.117. The number of carbonyl (C=O) groups excluding carboxylic acids is 1. The number of hydrogen-bond acceptors (Lipinski definition) is 3. The zero-order chi connectivity index (χ0) is 12.0. The van der Waals surface area contributed by atoms with Gasteiger partial charge in [0.05, 0.1) is 0 Å². The summed E-state index contributed by atoms with van der Waals surface area (Å²) in [6.07, 6.45) is 0. The Kier molecular flexibility index (Phi) is 5.35. The van der Waals surface area contributed by atoms with Crippen LogP contribution in [0.15, 0.2) is 30.3 Å². The molecule has 1 amide bonds. The van der Waals surface area contributed by atoms with Gasteiger partial charge in [-0.1, -0.05) is 37.3 Å². The Labute approximate surface area is 100 Å². The Balaban J connectivity index is 2.66. The Morgan fingerprint density at radius 3 is 2.56 bits per heavy atom. The van der Waals surface area contributed by atoms with E-state index in [9.17, 15) is 4.79 Å². The molecule has 3 N–H and O–H groups in total. The number of rotatable bonds is 6. The van der Waals surface area contributed by atoms with E-state index in [1.165, 1.54) is 11.8 Å². The van der Waals surface area contributed by atoms with Gasteiger partial charge in [-0.3, -0.25) is 4.79 Å². The second-order valence-corrected chi connectivity index (χ2v) is 4.95. The van der Waals surface area contributed by atoms with Gasteiger partial charge < -0.3 is 10.8 Å². The van der Waals surface area contributed by atoms with Gasteiger partial charge in [-0.2, -0.15) is 0 Å². The van der Waals surface area contributed by atoms with E-state index in [-0.39, 0.29) is 23.7 Å². The minimum Gasteiger partial charge on any atom is -0.396 e. The topological polar surface area (TPSA) is 63.3 Å². The number of thioether (sulfide) groups is 1. The van der Waals surface area contributed by atoms with E-state index in [1.807, 2.05) is 37.3 Å². The van der Waals surface area contributed by atoms with Crippen molar-refractivity contribution in [2.75, 3.05) is 12.4 Å². The van der Waals surface area contributed by atoms with Crippen LogP contribution in [0.2, 0.25) is 0 Å². The molecule has 0 aliphatic rings. The number of hydrogen-bond donors (Lipinski definition) is 2. The number of carbonyl (C=O) groups is 1. The fraction of sp³-hybridized carbons (Fsp3) is 0.417. The minimum atomic E-state index is -0.332. The zero-order valence-corrected chi connectivity index (χ0v) is 10.1. The highest BCUT2D eigenvalue weighted by atomic mass is 32.2. The van der Waals surface area contributed by atoms with Crippen LogP contribution in [0, 0.1) is 5.92 Å². The number of nitrogens with two attached hydrogens (primary N) is 1. The predicted molar refractivity (Wildman–Crippen MR) is 67.1 cm³/mol. The quantitative estimate of drug-likeness (QED) is 0.792. The number of amides is 1. The van der Waals surface area contributed by atoms with Crippen LogP contribution in [0.3, 0.4) is 0 Å². The lowest BCUT2D eigenvalue weighted by Crippen LogP contribution is -2.20. The average molecular weight is 239 g/mol. The summed E-state index contributed by atoms with van der Waals surface area (Å²) in [7, 11) is 0. The molecule has 0 saturated carbocycles. The van der Waals surface area contributed by atoms with Crippen molar-refractivity contribution in [3.05, 3.63) is 35.9 Å². The standard InChI is InChI=1S/C12H17NO2S/c1-9(7-14)8-16-11(12(13)15)10-5-3-2-4-6-10/h2-6,9,11,14H,7-8H2,1H3,(H2,13,15). The summed E-state index contributed by atoms with van der Waals surface area (Å²) in [5, 5.41) is 8.60. The fourth-order valence-corrected chi connectivity index (χ4v) is 2.42. The molecule has 0 saturated heterocycles. The van der Waals surface area contributed by atoms with Crippen LogP contribution >= 0.6 is 11.8 Å². The van der Waals surface area contributed by atoms with Crippen molar-refractivity contribution < 1.29 is 9.90 Å². The first-order valence-electron chi connectivity index (χ1n) is 5.22. The van der Waals surface area contributed by atoms with Gasteiger partial charge >= 0.3 is 0 Å². The molecule has 1 aromatic rings. The maximum atomic E-state index is 11.3. The molecule has 1 rings (SSSR count). The highest BCUT2D eigenvalue weighted by Gasteiger charge is 2.18. The zero-order valence-electron chi connectivity index (χ0n) is 9.30. The van der Waals surface area contributed by atoms with Gasteiger partial charge in [0, 0.05) is 6.61 Å². The third kappa shape index (κ3) is 3.87. The molecular formula is C12H17NO2S. The maximum Gasteiger partial charge on any atom is 0.235 e. The van der Waals surface area contributed by atoms with Crippen LogP contribution < -0.4 is 5.73 Å². The smallest absolute Gasteiger partial charge is 0.235 e. The van der Waals surface area contributed by atoms with E-state index in [0.29, 0.717) is 0 Å². The fourth-order valence-electron chi connectivity index (χ4n) is 1.28. The number of aliphatic hydroxyl groups is 1. The van der Waals surface area contributed by atoms with Crippen molar-refractivity contribution in [3.8, 4) is 0 Å². The monoisotopic (exact) mass is 239 g/mol. The SMILES string of the molecule is CC(CO)CSC(C(N)=O)c1ccccc1. The Hall–Kier alpha value is -1.00. The number of benzene rings is 1. The second-order valence-electron chi connectivity index (χ2n) is 3.81. The molecule has 4 heteroatoms. The molecule has 1 aromatic carbocycles. The Bertz CT molecular complexity index is 329. The summed E-state index contributed by atoms with van der Waals surface area (Å²) in [6, 6.07) is 9.48. The summed E-state index contributed by atoms with van der Waals surface area (Å²) >= 11 is 1.48. The highest BCUT2D eigenvalue weighted by Crippen LogP contribution is 2.29. The van der Waals surface area contributed by atoms with Crippen LogP contribution in [-0.4, -0.2) is 23.4 Å². The molecule has 0 radical (unpaired) electrons. The van der Waals surface area contributed by atoms with Gasteiger partial charge in [-0.05, 0) is 17.2 Å². The molecule has 0 spiro atoms. The van der Waals surface area contributed by atoms with E-state index in [0.717, 1.165) is 11.3 Å². The van der Waals surface area contributed by atoms with Crippen LogP contribution in [0.4, 0.5) is 0 Å². The molecule has 3 nitrogen and oxygen atoms in total. The summed E-state index contributed by atoms with van der Waals surface area (Å²) in [6.45, 7) is 2.07. The minimum absolute atomic E-state index is 0.132. The van der Waals surface area contributed by atoms with E-state index >= 15 is 0 Å². The molecule has 2 atom stereocenters. The van der Waals surface area contributed by atoms with Crippen LogP contribution in [0.1, 0.15) is 17.7 Å². The van der Waals surface area contributed by atoms with Gasteiger partial charge in [0.2, 0.25) is 5.91 Å². The van der Waals surface area contributed by atoms with Crippen molar-refractivity contribution in [1.82, 2.24) is 0 Å². The van der Waals surface area contributed by atoms with Crippen molar-refractivity contribution >= 4 is 17.7 Å². The summed E-state index contributed by atoms with van der Waals surface area (Å²) in [4.78, 5) is 11.3. The summed E-state index contributed by atoms with van der Waals surface area (Å²) in [5.74, 6) is 0.566. The van der Waals surface area contributed by atoms with Crippen molar-refractivity contribution in [3.63, 3.8) is 0 Å². The largest absolute Gasteiger partial charge is 0.396 e. The second kappa shape index (κ2) is 6.55. The van der Waals surface area contributed by atoms with E-state index in [4.69, 9.17) is 10.8 Å². The third-order valence-electron chi connectivity index (χ3n) is 2.22. The first-order valence-corrected chi connectivity index (χ1v) is 6.26.